The molecular weight excluding hydrogens is 296 g/mol. The van der Waals surface area contributed by atoms with Gasteiger partial charge in [0.15, 0.2) is 5.78 Å². The third-order valence-electron chi connectivity index (χ3n) is 4.25. The average molecular weight is 316 g/mol. The lowest BCUT2D eigenvalue weighted by atomic mass is 9.94. The monoisotopic (exact) mass is 316 g/mol. The van der Waals surface area contributed by atoms with Crippen molar-refractivity contribution in [3.63, 3.8) is 0 Å². The van der Waals surface area contributed by atoms with Crippen LogP contribution in [-0.2, 0) is 13.0 Å². The molecule has 0 bridgehead atoms. The Morgan fingerprint density at radius 1 is 1.41 bits per heavy atom. The minimum absolute atomic E-state index is 0.0180. The molecule has 116 valence electrons. The van der Waals surface area contributed by atoms with E-state index >= 15 is 0 Å². The number of amides is 1. The lowest BCUT2D eigenvalue weighted by Crippen LogP contribution is -2.30. The van der Waals surface area contributed by atoms with Crippen LogP contribution in [0.4, 0.5) is 0 Å². The molecule has 1 aliphatic carbocycles. The Morgan fingerprint density at radius 3 is 2.86 bits per heavy atom. The fraction of sp³-hybridized carbons (Fsp3) is 0.412. The normalized spacial score (nSPS) is 14.0. The van der Waals surface area contributed by atoms with Gasteiger partial charge in [-0.3, -0.25) is 9.59 Å². The fourth-order valence-electron chi connectivity index (χ4n) is 3.06. The minimum Gasteiger partial charge on any atom is -0.354 e. The van der Waals surface area contributed by atoms with Crippen LogP contribution in [0.25, 0.3) is 0 Å². The van der Waals surface area contributed by atoms with Gasteiger partial charge in [0.1, 0.15) is 5.69 Å². The predicted octanol–water partition coefficient (Wildman–Crippen LogP) is 3.57. The molecule has 0 fully saturated rings. The molecular formula is C17H20N2O2S. The van der Waals surface area contributed by atoms with E-state index in [4.69, 9.17) is 0 Å². The van der Waals surface area contributed by atoms with Crippen molar-refractivity contribution in [1.29, 1.82) is 0 Å². The second kappa shape index (κ2) is 6.08. The molecule has 0 aliphatic heterocycles. The van der Waals surface area contributed by atoms with Crippen molar-refractivity contribution in [2.24, 2.45) is 0 Å². The van der Waals surface area contributed by atoms with Crippen molar-refractivity contribution < 1.29 is 9.59 Å². The van der Waals surface area contributed by atoms with E-state index in [0.29, 0.717) is 25.2 Å². The van der Waals surface area contributed by atoms with Gasteiger partial charge in [0, 0.05) is 29.1 Å². The first-order valence-electron chi connectivity index (χ1n) is 7.68. The van der Waals surface area contributed by atoms with Crippen LogP contribution in [0.2, 0.25) is 0 Å². The lowest BCUT2D eigenvalue weighted by molar-refractivity contribution is 0.0748. The van der Waals surface area contributed by atoms with Gasteiger partial charge in [-0.25, -0.2) is 0 Å². The van der Waals surface area contributed by atoms with Crippen LogP contribution >= 0.6 is 11.3 Å². The number of carbonyl (C=O) groups excluding carboxylic acids is 2. The Morgan fingerprint density at radius 2 is 2.23 bits per heavy atom. The van der Waals surface area contributed by atoms with Crippen LogP contribution in [0.3, 0.4) is 0 Å². The molecule has 0 radical (unpaired) electrons. The number of carbonyl (C=O) groups is 2. The van der Waals surface area contributed by atoms with Crippen molar-refractivity contribution in [3.05, 3.63) is 44.9 Å². The summed E-state index contributed by atoms with van der Waals surface area (Å²) < 4.78 is 0. The molecule has 0 atom stereocenters. The van der Waals surface area contributed by atoms with Gasteiger partial charge in [0.05, 0.1) is 6.54 Å². The summed E-state index contributed by atoms with van der Waals surface area (Å²) in [5.74, 6) is 0.144. The number of rotatable bonds is 4. The highest BCUT2D eigenvalue weighted by Crippen LogP contribution is 2.27. The van der Waals surface area contributed by atoms with Gasteiger partial charge in [-0.1, -0.05) is 6.07 Å². The molecule has 0 aromatic carbocycles. The van der Waals surface area contributed by atoms with Crippen LogP contribution in [0.1, 0.15) is 56.7 Å². The zero-order chi connectivity index (χ0) is 15.7. The Labute approximate surface area is 134 Å². The van der Waals surface area contributed by atoms with E-state index in [-0.39, 0.29) is 11.7 Å². The number of fused-ring (bicyclic) bond motifs is 1. The maximum Gasteiger partial charge on any atom is 0.270 e. The highest BCUT2D eigenvalue weighted by Gasteiger charge is 2.28. The van der Waals surface area contributed by atoms with E-state index in [2.05, 4.69) is 4.98 Å². The van der Waals surface area contributed by atoms with Gasteiger partial charge in [-0.05, 0) is 43.7 Å². The summed E-state index contributed by atoms with van der Waals surface area (Å²) >= 11 is 1.65. The van der Waals surface area contributed by atoms with E-state index in [1.165, 1.54) is 4.88 Å². The highest BCUT2D eigenvalue weighted by molar-refractivity contribution is 7.09. The Bertz CT molecular complexity index is 701. The fourth-order valence-corrected chi connectivity index (χ4v) is 3.78. The van der Waals surface area contributed by atoms with Crippen LogP contribution < -0.4 is 0 Å². The predicted molar refractivity (Wildman–Crippen MR) is 87.5 cm³/mol. The SMILES string of the molecule is CCN(Cc1cccs1)C(=O)c1[nH]c2c(c1C)C(=O)CCC2. The minimum atomic E-state index is -0.0180. The molecule has 3 rings (SSSR count). The largest absolute Gasteiger partial charge is 0.354 e. The van der Waals surface area contributed by atoms with Gasteiger partial charge < -0.3 is 9.88 Å². The zero-order valence-electron chi connectivity index (χ0n) is 12.9. The number of hydrogen-bond acceptors (Lipinski definition) is 3. The molecule has 0 unspecified atom stereocenters. The van der Waals surface area contributed by atoms with Crippen molar-refractivity contribution in [1.82, 2.24) is 9.88 Å². The number of ketones is 1. The van der Waals surface area contributed by atoms with Crippen LogP contribution in [0.5, 0.6) is 0 Å². The molecule has 2 heterocycles. The molecule has 0 spiro atoms. The number of aromatic nitrogens is 1. The third kappa shape index (κ3) is 2.61. The number of aryl methyl sites for hydroxylation is 1. The highest BCUT2D eigenvalue weighted by atomic mass is 32.1. The standard InChI is InChI=1S/C17H20N2O2S/c1-3-19(10-12-6-5-9-22-12)17(21)16-11(2)15-13(18-16)7-4-8-14(15)20/h5-6,9,18H,3-4,7-8,10H2,1-2H3. The smallest absolute Gasteiger partial charge is 0.270 e. The first-order valence-corrected chi connectivity index (χ1v) is 8.56. The first kappa shape index (κ1) is 15.0. The van der Waals surface area contributed by atoms with E-state index in [1.807, 2.05) is 36.3 Å². The zero-order valence-corrected chi connectivity index (χ0v) is 13.8. The topological polar surface area (TPSA) is 53.2 Å². The van der Waals surface area contributed by atoms with E-state index in [0.717, 1.165) is 29.7 Å². The number of aromatic amines is 1. The summed E-state index contributed by atoms with van der Waals surface area (Å²) in [5.41, 5.74) is 3.08. The maximum atomic E-state index is 12.8. The quantitative estimate of drug-likeness (QED) is 0.937. The van der Waals surface area contributed by atoms with E-state index in [1.54, 1.807) is 11.3 Å². The molecule has 5 heteroatoms. The van der Waals surface area contributed by atoms with Gasteiger partial charge in [0.2, 0.25) is 0 Å². The Kier molecular flexibility index (Phi) is 4.16. The average Bonchev–Trinajstić information content (AvgIpc) is 3.13. The Balaban J connectivity index is 1.89. The van der Waals surface area contributed by atoms with Gasteiger partial charge in [0.25, 0.3) is 5.91 Å². The first-order chi connectivity index (χ1) is 10.6. The third-order valence-corrected chi connectivity index (χ3v) is 5.11. The summed E-state index contributed by atoms with van der Waals surface area (Å²) in [6.07, 6.45) is 2.31. The molecule has 4 nitrogen and oxygen atoms in total. The molecule has 1 aliphatic rings. The number of Topliss-reactive ketones (excluding diaryl/α,β-unsaturated/α-hetero) is 1. The summed E-state index contributed by atoms with van der Waals surface area (Å²) in [6, 6.07) is 4.03. The van der Waals surface area contributed by atoms with Crippen LogP contribution in [0.15, 0.2) is 17.5 Å². The molecule has 1 N–H and O–H groups in total. The number of nitrogens with one attached hydrogen (secondary N) is 1. The van der Waals surface area contributed by atoms with Crippen molar-refractivity contribution in [2.45, 2.75) is 39.7 Å². The van der Waals surface area contributed by atoms with Gasteiger partial charge in [-0.2, -0.15) is 0 Å². The second-order valence-corrected chi connectivity index (χ2v) is 6.69. The molecule has 0 saturated carbocycles. The van der Waals surface area contributed by atoms with Gasteiger partial charge >= 0.3 is 0 Å². The molecule has 2 aromatic heterocycles. The van der Waals surface area contributed by atoms with E-state index < -0.39 is 0 Å². The number of hydrogen-bond donors (Lipinski definition) is 1. The van der Waals surface area contributed by atoms with Crippen molar-refractivity contribution in [3.8, 4) is 0 Å². The second-order valence-electron chi connectivity index (χ2n) is 5.65. The maximum absolute atomic E-state index is 12.8. The summed E-state index contributed by atoms with van der Waals surface area (Å²) in [6.45, 7) is 5.12. The van der Waals surface area contributed by atoms with Crippen molar-refractivity contribution in [2.75, 3.05) is 6.54 Å². The van der Waals surface area contributed by atoms with Gasteiger partial charge in [-0.15, -0.1) is 11.3 Å². The van der Waals surface area contributed by atoms with Crippen LogP contribution in [-0.4, -0.2) is 28.1 Å². The summed E-state index contributed by atoms with van der Waals surface area (Å²) in [7, 11) is 0. The number of thiophene rings is 1. The lowest BCUT2D eigenvalue weighted by Gasteiger charge is -2.20. The number of H-pyrrole nitrogens is 1. The molecule has 2 aromatic rings. The molecule has 22 heavy (non-hydrogen) atoms. The molecule has 0 saturated heterocycles. The van der Waals surface area contributed by atoms with Crippen molar-refractivity contribution >= 4 is 23.0 Å². The summed E-state index contributed by atoms with van der Waals surface area (Å²) in [5, 5.41) is 2.02. The van der Waals surface area contributed by atoms with Crippen LogP contribution in [0, 0.1) is 6.92 Å². The number of nitrogens with zero attached hydrogens (tertiary/aromatic N) is 1. The summed E-state index contributed by atoms with van der Waals surface area (Å²) in [4.78, 5) is 31.1. The molecule has 1 amide bonds. The van der Waals surface area contributed by atoms with E-state index in [9.17, 15) is 9.59 Å². The Hall–Kier alpha value is -1.88.